The van der Waals surface area contributed by atoms with E-state index in [1.807, 2.05) is 52.0 Å². The Labute approximate surface area is 230 Å². The molecule has 0 spiro atoms. The van der Waals surface area contributed by atoms with Gasteiger partial charge in [0.15, 0.2) is 0 Å². The number of sulfonamides is 1. The fourth-order valence-corrected chi connectivity index (χ4v) is 5.36. The van der Waals surface area contributed by atoms with Gasteiger partial charge in [-0.1, -0.05) is 59.6 Å². The number of rotatable bonds is 9. The van der Waals surface area contributed by atoms with Gasteiger partial charge in [0.25, 0.3) is 10.0 Å². The number of carbonyl (C=O) groups is 2. The Morgan fingerprint density at radius 3 is 2.05 bits per heavy atom. The average Bonchev–Trinajstić information content (AvgIpc) is 2.86. The van der Waals surface area contributed by atoms with Gasteiger partial charge in [0, 0.05) is 17.1 Å². The van der Waals surface area contributed by atoms with Crippen molar-refractivity contribution < 1.29 is 18.0 Å². The molecule has 0 saturated heterocycles. The minimum Gasteiger partial charge on any atom is -0.350 e. The number of anilines is 1. The highest BCUT2D eigenvalue weighted by Gasteiger charge is 2.33. The van der Waals surface area contributed by atoms with Crippen LogP contribution < -0.4 is 9.62 Å². The summed E-state index contributed by atoms with van der Waals surface area (Å²) < 4.78 is 28.5. The third kappa shape index (κ3) is 7.58. The van der Waals surface area contributed by atoms with Crippen molar-refractivity contribution in [3.05, 3.63) is 95.0 Å². The number of aryl methyl sites for hydroxylation is 1. The van der Waals surface area contributed by atoms with Crippen molar-refractivity contribution in [1.82, 2.24) is 10.2 Å². The molecule has 0 fully saturated rings. The number of halogens is 1. The molecule has 0 saturated carbocycles. The van der Waals surface area contributed by atoms with Crippen molar-refractivity contribution in [2.75, 3.05) is 10.8 Å². The van der Waals surface area contributed by atoms with Gasteiger partial charge in [-0.05, 0) is 76.6 Å². The molecule has 3 aromatic carbocycles. The maximum absolute atomic E-state index is 13.9. The van der Waals surface area contributed by atoms with Crippen LogP contribution in [0.25, 0.3) is 0 Å². The van der Waals surface area contributed by atoms with Crippen LogP contribution in [-0.4, -0.2) is 43.3 Å². The number of hydrogen-bond acceptors (Lipinski definition) is 4. The van der Waals surface area contributed by atoms with E-state index in [0.29, 0.717) is 5.02 Å². The quantitative estimate of drug-likeness (QED) is 0.394. The van der Waals surface area contributed by atoms with Crippen LogP contribution in [0.4, 0.5) is 5.69 Å². The van der Waals surface area contributed by atoms with Crippen molar-refractivity contribution in [2.24, 2.45) is 0 Å². The molecule has 3 aromatic rings. The molecule has 9 heteroatoms. The summed E-state index contributed by atoms with van der Waals surface area (Å²) in [5.74, 6) is -0.849. The average molecular weight is 556 g/mol. The Kier molecular flexibility index (Phi) is 9.22. The third-order valence-electron chi connectivity index (χ3n) is 5.86. The molecule has 1 unspecified atom stereocenters. The summed E-state index contributed by atoms with van der Waals surface area (Å²) in [7, 11) is -4.11. The molecule has 0 bridgehead atoms. The first kappa shape index (κ1) is 29.2. The van der Waals surface area contributed by atoms with Crippen LogP contribution in [0.3, 0.4) is 0 Å². The second-order valence-electron chi connectivity index (χ2n) is 10.2. The molecule has 202 valence electrons. The van der Waals surface area contributed by atoms with Gasteiger partial charge in [0.1, 0.15) is 12.6 Å². The molecule has 7 nitrogen and oxygen atoms in total. The molecule has 0 aliphatic heterocycles. The zero-order valence-corrected chi connectivity index (χ0v) is 23.9. The Morgan fingerprint density at radius 1 is 0.921 bits per heavy atom. The maximum Gasteiger partial charge on any atom is 0.264 e. The summed E-state index contributed by atoms with van der Waals surface area (Å²) in [6.07, 6.45) is 0. The van der Waals surface area contributed by atoms with Crippen LogP contribution in [0.1, 0.15) is 38.8 Å². The minimum atomic E-state index is -4.11. The van der Waals surface area contributed by atoms with E-state index in [2.05, 4.69) is 5.32 Å². The topological polar surface area (TPSA) is 86.8 Å². The number of nitrogens with one attached hydrogen (secondary N) is 1. The van der Waals surface area contributed by atoms with Crippen LogP contribution in [-0.2, 0) is 26.2 Å². The summed E-state index contributed by atoms with van der Waals surface area (Å²) in [6, 6.07) is 20.9. The summed E-state index contributed by atoms with van der Waals surface area (Å²) in [6.45, 7) is 8.82. The number of carbonyl (C=O) groups excluding carboxylic acids is 2. The molecule has 2 amide bonds. The molecular formula is C29H34ClN3O4S. The van der Waals surface area contributed by atoms with Crippen LogP contribution in [0.5, 0.6) is 0 Å². The van der Waals surface area contributed by atoms with Gasteiger partial charge in [0.2, 0.25) is 11.8 Å². The predicted octanol–water partition coefficient (Wildman–Crippen LogP) is 5.18. The number of benzene rings is 3. The van der Waals surface area contributed by atoms with E-state index >= 15 is 0 Å². The first-order valence-electron chi connectivity index (χ1n) is 12.3. The highest BCUT2D eigenvalue weighted by atomic mass is 35.5. The second-order valence-corrected chi connectivity index (χ2v) is 12.5. The van der Waals surface area contributed by atoms with E-state index in [1.54, 1.807) is 49.4 Å². The number of nitrogens with zero attached hydrogens (tertiary/aromatic N) is 2. The van der Waals surface area contributed by atoms with Crippen LogP contribution in [0.15, 0.2) is 83.8 Å². The predicted molar refractivity (Wildman–Crippen MR) is 152 cm³/mol. The molecule has 0 aliphatic carbocycles. The Balaban J connectivity index is 2.01. The van der Waals surface area contributed by atoms with Crippen LogP contribution >= 0.6 is 11.6 Å². The lowest BCUT2D eigenvalue weighted by atomic mass is 10.1. The van der Waals surface area contributed by atoms with Crippen LogP contribution in [0.2, 0.25) is 5.02 Å². The van der Waals surface area contributed by atoms with E-state index in [-0.39, 0.29) is 23.0 Å². The van der Waals surface area contributed by atoms with Crippen molar-refractivity contribution in [2.45, 2.75) is 57.6 Å². The molecule has 1 N–H and O–H groups in total. The van der Waals surface area contributed by atoms with E-state index in [9.17, 15) is 18.0 Å². The maximum atomic E-state index is 13.9. The smallest absolute Gasteiger partial charge is 0.264 e. The lowest BCUT2D eigenvalue weighted by Gasteiger charge is -2.33. The van der Waals surface area contributed by atoms with Gasteiger partial charge in [-0.2, -0.15) is 0 Å². The molecule has 0 radical (unpaired) electrons. The fourth-order valence-electron chi connectivity index (χ4n) is 3.80. The molecule has 0 heterocycles. The Morgan fingerprint density at radius 2 is 1.50 bits per heavy atom. The van der Waals surface area contributed by atoms with Gasteiger partial charge in [-0.15, -0.1) is 0 Å². The molecular weight excluding hydrogens is 522 g/mol. The first-order valence-corrected chi connectivity index (χ1v) is 14.1. The summed E-state index contributed by atoms with van der Waals surface area (Å²) in [5, 5.41) is 3.35. The van der Waals surface area contributed by atoms with Crippen molar-refractivity contribution >= 4 is 39.1 Å². The Hall–Kier alpha value is -3.36. The lowest BCUT2D eigenvalue weighted by Crippen LogP contribution is -2.54. The lowest BCUT2D eigenvalue weighted by molar-refractivity contribution is -0.140. The normalized spacial score (nSPS) is 12.5. The van der Waals surface area contributed by atoms with Crippen molar-refractivity contribution in [3.63, 3.8) is 0 Å². The van der Waals surface area contributed by atoms with Gasteiger partial charge < -0.3 is 10.2 Å². The SMILES string of the molecule is Cc1ccc(CN(C(=O)CN(c2ccc(Cl)cc2)S(=O)(=O)c2ccccc2)C(C)C(=O)NC(C)(C)C)cc1. The Bertz CT molecular complexity index is 1350. The molecule has 0 aromatic heterocycles. The summed E-state index contributed by atoms with van der Waals surface area (Å²) in [4.78, 5) is 28.4. The van der Waals surface area contributed by atoms with E-state index in [1.165, 1.54) is 17.0 Å². The van der Waals surface area contributed by atoms with Gasteiger partial charge in [-0.3, -0.25) is 13.9 Å². The van der Waals surface area contributed by atoms with Crippen molar-refractivity contribution in [3.8, 4) is 0 Å². The third-order valence-corrected chi connectivity index (χ3v) is 7.90. The monoisotopic (exact) mass is 555 g/mol. The zero-order valence-electron chi connectivity index (χ0n) is 22.3. The second kappa shape index (κ2) is 12.0. The van der Waals surface area contributed by atoms with E-state index < -0.39 is 34.1 Å². The number of amides is 2. The highest BCUT2D eigenvalue weighted by Crippen LogP contribution is 2.26. The minimum absolute atomic E-state index is 0.0476. The van der Waals surface area contributed by atoms with Crippen molar-refractivity contribution in [1.29, 1.82) is 0 Å². The largest absolute Gasteiger partial charge is 0.350 e. The van der Waals surface area contributed by atoms with Gasteiger partial charge in [-0.25, -0.2) is 8.42 Å². The molecule has 38 heavy (non-hydrogen) atoms. The summed E-state index contributed by atoms with van der Waals surface area (Å²) in [5.41, 5.74) is 1.67. The van der Waals surface area contributed by atoms with E-state index in [4.69, 9.17) is 11.6 Å². The summed E-state index contributed by atoms with van der Waals surface area (Å²) >= 11 is 6.05. The highest BCUT2D eigenvalue weighted by molar-refractivity contribution is 7.92. The fraction of sp³-hybridized carbons (Fsp3) is 0.310. The standard InChI is InChI=1S/C29H34ClN3O4S/c1-21-11-13-23(14-12-21)19-32(22(2)28(35)31-29(3,4)5)27(34)20-33(25-17-15-24(30)16-18-25)38(36,37)26-9-7-6-8-10-26/h6-18,22H,19-20H2,1-5H3,(H,31,35). The molecule has 0 aliphatic rings. The van der Waals surface area contributed by atoms with Gasteiger partial charge in [0.05, 0.1) is 10.6 Å². The van der Waals surface area contributed by atoms with Crippen LogP contribution in [0, 0.1) is 6.92 Å². The van der Waals surface area contributed by atoms with E-state index in [0.717, 1.165) is 15.4 Å². The number of hydrogen-bond donors (Lipinski definition) is 1. The first-order chi connectivity index (χ1) is 17.8. The van der Waals surface area contributed by atoms with Gasteiger partial charge >= 0.3 is 0 Å². The molecule has 1 atom stereocenters. The zero-order chi connectivity index (χ0) is 28.1. The molecule has 3 rings (SSSR count).